The largest absolute Gasteiger partial charge is 0.351 e. The molecule has 0 aliphatic carbocycles. The first-order valence-corrected chi connectivity index (χ1v) is 13.3. The van der Waals surface area contributed by atoms with E-state index in [1.807, 2.05) is 6.07 Å². The first-order valence-electron chi connectivity index (χ1n) is 10.8. The number of hydrogen-bond acceptors (Lipinski definition) is 7. The third-order valence-electron chi connectivity index (χ3n) is 5.92. The predicted molar refractivity (Wildman–Crippen MR) is 129 cm³/mol. The van der Waals surface area contributed by atoms with Crippen LogP contribution in [-0.4, -0.2) is 55.2 Å². The third kappa shape index (κ3) is 5.40. The van der Waals surface area contributed by atoms with Gasteiger partial charge in [0.05, 0.1) is 12.2 Å². The van der Waals surface area contributed by atoms with Crippen LogP contribution in [0.4, 0.5) is 10.5 Å². The minimum absolute atomic E-state index is 0.0134. The topological polar surface area (TPSA) is 159 Å². The van der Waals surface area contributed by atoms with Crippen molar-refractivity contribution in [3.63, 3.8) is 0 Å². The summed E-state index contributed by atoms with van der Waals surface area (Å²) in [6.07, 6.45) is 1.14. The van der Waals surface area contributed by atoms with E-state index in [9.17, 15) is 22.8 Å². The van der Waals surface area contributed by atoms with Crippen LogP contribution in [-0.2, 0) is 24.2 Å². The van der Waals surface area contributed by atoms with Crippen LogP contribution in [0.25, 0.3) is 10.4 Å². The zero-order valence-electron chi connectivity index (χ0n) is 18.7. The fourth-order valence-corrected chi connectivity index (χ4v) is 7.90. The number of nitrogens with zero attached hydrogens (tertiary/aromatic N) is 1. The average molecular weight is 509 g/mol. The molecule has 1 fully saturated rings. The minimum Gasteiger partial charge on any atom is -0.351 e. The number of carbonyl (C=O) groups excluding carboxylic acids is 3. The monoisotopic (exact) mass is 508 g/mol. The summed E-state index contributed by atoms with van der Waals surface area (Å²) in [4.78, 5) is 38.2. The highest BCUT2D eigenvalue weighted by molar-refractivity contribution is 7.92. The molecule has 1 aliphatic rings. The first-order chi connectivity index (χ1) is 16.1. The number of nitrogens with two attached hydrogens (primary N) is 1. The van der Waals surface area contributed by atoms with Gasteiger partial charge in [0.1, 0.15) is 11.3 Å². The molecule has 1 saturated heterocycles. The Morgan fingerprint density at radius 2 is 1.94 bits per heavy atom. The van der Waals surface area contributed by atoms with Gasteiger partial charge < -0.3 is 16.0 Å². The van der Waals surface area contributed by atoms with Crippen molar-refractivity contribution in [1.29, 1.82) is 0 Å². The van der Waals surface area contributed by atoms with Crippen LogP contribution < -0.4 is 16.5 Å². The Morgan fingerprint density at radius 3 is 2.59 bits per heavy atom. The van der Waals surface area contributed by atoms with Gasteiger partial charge in [-0.1, -0.05) is 18.6 Å². The molecule has 0 saturated carbocycles. The van der Waals surface area contributed by atoms with E-state index in [0.29, 0.717) is 36.4 Å². The van der Waals surface area contributed by atoms with Crippen molar-refractivity contribution >= 4 is 44.7 Å². The lowest BCUT2D eigenvalue weighted by Crippen LogP contribution is -2.43. The number of amides is 4. The Hall–Kier alpha value is -2.96. The molecular weight excluding hydrogens is 480 g/mol. The van der Waals surface area contributed by atoms with Crippen LogP contribution in [0.3, 0.4) is 0 Å². The molecule has 5 N–H and O–H groups in total. The van der Waals surface area contributed by atoms with E-state index < -0.39 is 32.4 Å². The summed E-state index contributed by atoms with van der Waals surface area (Å²) in [7, 11) is -3.62. The summed E-state index contributed by atoms with van der Waals surface area (Å²) in [5, 5.41) is 11.8. The SMILES string of the molecule is CCN(CC(=O)Nc1cccc(-c2ccc([C@@]3(CC(=O)NO)CCCCS3(=O)=O)s2)c1)C(N)=O. The van der Waals surface area contributed by atoms with Gasteiger partial charge in [0, 0.05) is 22.0 Å². The smallest absolute Gasteiger partial charge is 0.315 e. The molecule has 2 heterocycles. The number of rotatable bonds is 8. The zero-order valence-corrected chi connectivity index (χ0v) is 20.4. The van der Waals surface area contributed by atoms with E-state index in [-0.39, 0.29) is 18.7 Å². The lowest BCUT2D eigenvalue weighted by Gasteiger charge is -2.35. The molecule has 12 heteroatoms. The number of benzene rings is 1. The Morgan fingerprint density at radius 1 is 1.18 bits per heavy atom. The zero-order chi connectivity index (χ0) is 24.9. The highest BCUT2D eigenvalue weighted by atomic mass is 32.2. The predicted octanol–water partition coefficient (Wildman–Crippen LogP) is 2.44. The number of hydrogen-bond donors (Lipinski definition) is 4. The van der Waals surface area contributed by atoms with Crippen LogP contribution in [0.2, 0.25) is 0 Å². The number of primary amides is 1. The van der Waals surface area contributed by atoms with Crippen LogP contribution in [0, 0.1) is 0 Å². The summed E-state index contributed by atoms with van der Waals surface area (Å²) in [6, 6.07) is 9.85. The average Bonchev–Trinajstić information content (AvgIpc) is 3.29. The van der Waals surface area contributed by atoms with Crippen LogP contribution in [0.1, 0.15) is 37.5 Å². The van der Waals surface area contributed by atoms with Crippen molar-refractivity contribution in [3.05, 3.63) is 41.3 Å². The fourth-order valence-electron chi connectivity index (χ4n) is 4.12. The molecule has 10 nitrogen and oxygen atoms in total. The van der Waals surface area contributed by atoms with Crippen LogP contribution in [0.5, 0.6) is 0 Å². The minimum atomic E-state index is -3.62. The van der Waals surface area contributed by atoms with E-state index >= 15 is 0 Å². The second kappa shape index (κ2) is 10.5. The van der Waals surface area contributed by atoms with Gasteiger partial charge in [0.2, 0.25) is 11.8 Å². The van der Waals surface area contributed by atoms with Crippen molar-refractivity contribution in [2.45, 2.75) is 37.4 Å². The van der Waals surface area contributed by atoms with Gasteiger partial charge in [-0.3, -0.25) is 14.8 Å². The fraction of sp³-hybridized carbons (Fsp3) is 0.409. The summed E-state index contributed by atoms with van der Waals surface area (Å²) < 4.78 is 24.8. The molecule has 1 atom stereocenters. The maximum atomic E-state index is 13.1. The molecule has 3 rings (SSSR count). The first kappa shape index (κ1) is 25.7. The van der Waals surface area contributed by atoms with Gasteiger partial charge in [0.15, 0.2) is 9.84 Å². The molecule has 2 aromatic rings. The third-order valence-corrected chi connectivity index (χ3v) is 9.98. The van der Waals surface area contributed by atoms with Gasteiger partial charge in [-0.15, -0.1) is 11.3 Å². The normalized spacial score (nSPS) is 19.2. The lowest BCUT2D eigenvalue weighted by molar-refractivity contribution is -0.130. The van der Waals surface area contributed by atoms with E-state index in [1.165, 1.54) is 16.2 Å². The van der Waals surface area contributed by atoms with Crippen molar-refractivity contribution in [3.8, 4) is 10.4 Å². The number of nitrogens with one attached hydrogen (secondary N) is 2. The van der Waals surface area contributed by atoms with Gasteiger partial charge >= 0.3 is 6.03 Å². The maximum Gasteiger partial charge on any atom is 0.315 e. The highest BCUT2D eigenvalue weighted by Crippen LogP contribution is 2.47. The van der Waals surface area contributed by atoms with Gasteiger partial charge in [-0.2, -0.15) is 0 Å². The van der Waals surface area contributed by atoms with Crippen LogP contribution in [0.15, 0.2) is 36.4 Å². The Kier molecular flexibility index (Phi) is 7.95. The number of likely N-dealkylation sites (N-methyl/N-ethyl adjacent to an activating group) is 1. The van der Waals surface area contributed by atoms with Crippen molar-refractivity contribution in [2.24, 2.45) is 5.73 Å². The summed E-state index contributed by atoms with van der Waals surface area (Å²) in [5.74, 6) is -1.16. The van der Waals surface area contributed by atoms with Crippen molar-refractivity contribution in [1.82, 2.24) is 10.4 Å². The second-order valence-corrected chi connectivity index (χ2v) is 11.6. The molecule has 0 radical (unpaired) electrons. The Bertz CT molecular complexity index is 1180. The Balaban J connectivity index is 1.87. The summed E-state index contributed by atoms with van der Waals surface area (Å²) in [6.45, 7) is 1.85. The van der Waals surface area contributed by atoms with E-state index in [1.54, 1.807) is 42.7 Å². The molecule has 1 aromatic heterocycles. The number of anilines is 1. The molecule has 0 spiro atoms. The quantitative estimate of drug-likeness (QED) is 0.317. The molecule has 0 unspecified atom stereocenters. The van der Waals surface area contributed by atoms with E-state index in [4.69, 9.17) is 10.9 Å². The molecule has 184 valence electrons. The molecule has 1 aromatic carbocycles. The lowest BCUT2D eigenvalue weighted by atomic mass is 9.94. The number of urea groups is 1. The summed E-state index contributed by atoms with van der Waals surface area (Å²) in [5.41, 5.74) is 8.08. The number of hydroxylamine groups is 1. The number of carbonyl (C=O) groups is 3. The molecule has 4 amide bonds. The van der Waals surface area contributed by atoms with Gasteiger partial charge in [-0.25, -0.2) is 18.7 Å². The second-order valence-electron chi connectivity index (χ2n) is 8.13. The van der Waals surface area contributed by atoms with Crippen LogP contribution >= 0.6 is 11.3 Å². The maximum absolute atomic E-state index is 13.1. The van der Waals surface area contributed by atoms with Crippen molar-refractivity contribution in [2.75, 3.05) is 24.2 Å². The standard InChI is InChI=1S/C22H28N4O6S2/c1-2-26(21(23)29)14-20(28)24-16-7-5-6-15(12-16)17-8-9-18(33-17)22(13-19(27)25-30)10-3-4-11-34(22,31)32/h5-9,12,30H,2-4,10-11,13-14H2,1H3,(H2,23,29)(H,24,28)(H,25,27)/t22-/m0/s1. The molecule has 0 bridgehead atoms. The molecule has 1 aliphatic heterocycles. The number of thiophene rings is 1. The van der Waals surface area contributed by atoms with Gasteiger partial charge in [0.25, 0.3) is 0 Å². The van der Waals surface area contributed by atoms with E-state index in [0.717, 1.165) is 10.4 Å². The van der Waals surface area contributed by atoms with Gasteiger partial charge in [-0.05, 0) is 49.6 Å². The number of sulfone groups is 1. The highest BCUT2D eigenvalue weighted by Gasteiger charge is 2.49. The van der Waals surface area contributed by atoms with E-state index in [2.05, 4.69) is 5.32 Å². The van der Waals surface area contributed by atoms with Crippen molar-refractivity contribution < 1.29 is 28.0 Å². The molecular formula is C22H28N4O6S2. The summed E-state index contributed by atoms with van der Waals surface area (Å²) >= 11 is 1.27. The Labute approximate surface area is 202 Å². The molecule has 34 heavy (non-hydrogen) atoms.